The number of aromatic nitrogens is 3. The van der Waals surface area contributed by atoms with Gasteiger partial charge < -0.3 is 20.7 Å². The average Bonchev–Trinajstić information content (AvgIpc) is 2.73. The van der Waals surface area contributed by atoms with E-state index >= 15 is 0 Å². The van der Waals surface area contributed by atoms with Gasteiger partial charge in [0, 0.05) is 28.7 Å². The average molecular weight is 469 g/mol. The van der Waals surface area contributed by atoms with E-state index in [2.05, 4.69) is 37.1 Å². The van der Waals surface area contributed by atoms with Crippen LogP contribution >= 0.6 is 11.8 Å². The maximum atomic E-state index is 13.0. The highest BCUT2D eigenvalue weighted by Gasteiger charge is 2.33. The lowest BCUT2D eigenvalue weighted by Crippen LogP contribution is -2.42. The Kier molecular flexibility index (Phi) is 7.83. The first kappa shape index (κ1) is 24.1. The normalized spacial score (nSPS) is 17.9. The van der Waals surface area contributed by atoms with Gasteiger partial charge in [-0.1, -0.05) is 6.92 Å². The van der Waals surface area contributed by atoms with E-state index in [0.717, 1.165) is 32.5 Å². The Morgan fingerprint density at radius 1 is 1.38 bits per heavy atom. The Hall–Kier alpha value is -2.53. The van der Waals surface area contributed by atoms with Gasteiger partial charge in [-0.3, -0.25) is 0 Å². The molecular formula is C21H27F3N6OS. The number of hydrogen-bond donors (Lipinski definition) is 2. The van der Waals surface area contributed by atoms with Gasteiger partial charge in [0.15, 0.2) is 0 Å². The van der Waals surface area contributed by atoms with Crippen LogP contribution in [0.4, 0.5) is 19.1 Å². The molecule has 1 saturated heterocycles. The van der Waals surface area contributed by atoms with E-state index in [0.29, 0.717) is 22.2 Å². The Morgan fingerprint density at radius 3 is 2.81 bits per heavy atom. The van der Waals surface area contributed by atoms with E-state index in [-0.39, 0.29) is 23.0 Å². The van der Waals surface area contributed by atoms with E-state index in [1.165, 1.54) is 23.9 Å². The molecule has 1 atom stereocenters. The second-order valence-electron chi connectivity index (χ2n) is 7.54. The quantitative estimate of drug-likeness (QED) is 0.579. The minimum absolute atomic E-state index is 0.133. The van der Waals surface area contributed by atoms with Crippen molar-refractivity contribution >= 4 is 23.8 Å². The summed E-state index contributed by atoms with van der Waals surface area (Å²) in [4.78, 5) is 7.47. The molecule has 2 aromatic rings. The summed E-state index contributed by atoms with van der Waals surface area (Å²) in [5.74, 6) is -0.0559. The lowest BCUT2D eigenvalue weighted by molar-refractivity contribution is -0.274. The Labute approximate surface area is 189 Å². The van der Waals surface area contributed by atoms with Crippen LogP contribution in [0.2, 0.25) is 0 Å². The monoisotopic (exact) mass is 468 g/mol. The molecule has 2 heterocycles. The molecule has 11 heteroatoms. The number of nitrogens with one attached hydrogen (secondary N) is 1. The van der Waals surface area contributed by atoms with Crippen molar-refractivity contribution in [1.29, 1.82) is 0 Å². The molecule has 32 heavy (non-hydrogen) atoms. The number of halogens is 3. The van der Waals surface area contributed by atoms with Gasteiger partial charge >= 0.3 is 6.36 Å². The summed E-state index contributed by atoms with van der Waals surface area (Å²) in [6.45, 7) is 6.67. The lowest BCUT2D eigenvalue weighted by atomic mass is 10.1. The molecule has 1 fully saturated rings. The van der Waals surface area contributed by atoms with Gasteiger partial charge in [-0.2, -0.15) is 0 Å². The zero-order valence-corrected chi connectivity index (χ0v) is 19.1. The van der Waals surface area contributed by atoms with Crippen LogP contribution in [0.25, 0.3) is 17.3 Å². The number of ether oxygens (including phenoxy) is 1. The topological polar surface area (TPSA) is 89.2 Å². The molecule has 3 N–H and O–H groups in total. The van der Waals surface area contributed by atoms with E-state index in [1.54, 1.807) is 25.3 Å². The van der Waals surface area contributed by atoms with Gasteiger partial charge in [0.2, 0.25) is 5.95 Å². The molecule has 0 saturated carbocycles. The van der Waals surface area contributed by atoms with Crippen molar-refractivity contribution in [2.45, 2.75) is 44.0 Å². The van der Waals surface area contributed by atoms with Crippen LogP contribution in [-0.4, -0.2) is 58.4 Å². The molecule has 7 nitrogen and oxygen atoms in total. The number of nitrogens with zero attached hydrogens (tertiary/aromatic N) is 4. The van der Waals surface area contributed by atoms with Crippen molar-refractivity contribution < 1.29 is 17.9 Å². The van der Waals surface area contributed by atoms with Crippen LogP contribution in [0.15, 0.2) is 28.8 Å². The third-order valence-electron chi connectivity index (χ3n) is 5.03. The molecule has 1 unspecified atom stereocenters. The SMILES string of the molecule is CCN1CCCC(Nc2nnc(-c3ccc(SC)cc3OC(F)(F)F)c(C=C(C)N)n2)C1. The molecule has 1 aromatic heterocycles. The number of allylic oxidation sites excluding steroid dienone is 1. The van der Waals surface area contributed by atoms with Crippen LogP contribution < -0.4 is 15.8 Å². The van der Waals surface area contributed by atoms with E-state index in [9.17, 15) is 13.2 Å². The zero-order valence-electron chi connectivity index (χ0n) is 18.2. The van der Waals surface area contributed by atoms with Gasteiger partial charge in [0.05, 0.1) is 5.69 Å². The summed E-state index contributed by atoms with van der Waals surface area (Å²) in [6.07, 6.45) is 0.521. The van der Waals surface area contributed by atoms with Crippen molar-refractivity contribution in [3.8, 4) is 17.0 Å². The smallest absolute Gasteiger partial charge is 0.405 e. The van der Waals surface area contributed by atoms with Crippen LogP contribution in [0.5, 0.6) is 5.75 Å². The zero-order chi connectivity index (χ0) is 23.3. The minimum atomic E-state index is -4.85. The van der Waals surface area contributed by atoms with E-state index < -0.39 is 6.36 Å². The highest BCUT2D eigenvalue weighted by molar-refractivity contribution is 7.98. The molecule has 174 valence electrons. The number of likely N-dealkylation sites (tertiary alicyclic amines) is 1. The van der Waals surface area contributed by atoms with Crippen LogP contribution in [-0.2, 0) is 0 Å². The highest BCUT2D eigenvalue weighted by atomic mass is 32.2. The second kappa shape index (κ2) is 10.4. The second-order valence-corrected chi connectivity index (χ2v) is 8.42. The first-order valence-corrected chi connectivity index (χ1v) is 11.5. The summed E-state index contributed by atoms with van der Waals surface area (Å²) in [7, 11) is 0. The fourth-order valence-corrected chi connectivity index (χ4v) is 4.01. The summed E-state index contributed by atoms with van der Waals surface area (Å²) in [6, 6.07) is 4.71. The van der Waals surface area contributed by atoms with Crippen molar-refractivity contribution in [2.75, 3.05) is 31.2 Å². The summed E-state index contributed by atoms with van der Waals surface area (Å²) in [5.41, 5.74) is 6.90. The van der Waals surface area contributed by atoms with Crippen LogP contribution in [0.1, 0.15) is 32.4 Å². The molecule has 0 aliphatic carbocycles. The number of nitrogens with two attached hydrogens (primary N) is 1. The maximum absolute atomic E-state index is 13.0. The number of benzene rings is 1. The standard InChI is InChI=1S/C21H27F3N6OS/c1-4-30-9-5-6-14(12-30)26-20-27-17(10-13(2)25)19(28-29-20)16-8-7-15(32-3)11-18(16)31-21(22,23)24/h7-8,10-11,14H,4-6,9,12,25H2,1-3H3,(H,26,27,29). The van der Waals surface area contributed by atoms with Gasteiger partial charge in [-0.05, 0) is 63.4 Å². The summed E-state index contributed by atoms with van der Waals surface area (Å²) < 4.78 is 43.4. The van der Waals surface area contributed by atoms with Gasteiger partial charge in [0.1, 0.15) is 11.4 Å². The van der Waals surface area contributed by atoms with Crippen molar-refractivity contribution in [3.05, 3.63) is 29.6 Å². The largest absolute Gasteiger partial charge is 0.573 e. The van der Waals surface area contributed by atoms with Crippen molar-refractivity contribution in [2.24, 2.45) is 5.73 Å². The van der Waals surface area contributed by atoms with Crippen LogP contribution in [0, 0.1) is 0 Å². The Balaban J connectivity index is 1.99. The fraction of sp³-hybridized carbons (Fsp3) is 0.476. The number of anilines is 1. The molecule has 3 rings (SSSR count). The van der Waals surface area contributed by atoms with E-state index in [1.807, 2.05) is 0 Å². The first-order valence-electron chi connectivity index (χ1n) is 10.3. The highest BCUT2D eigenvalue weighted by Crippen LogP contribution is 2.37. The van der Waals surface area contributed by atoms with Crippen molar-refractivity contribution in [3.63, 3.8) is 0 Å². The predicted molar refractivity (Wildman–Crippen MR) is 120 cm³/mol. The minimum Gasteiger partial charge on any atom is -0.405 e. The van der Waals surface area contributed by atoms with Gasteiger partial charge in [-0.25, -0.2) is 4.98 Å². The van der Waals surface area contributed by atoms with Crippen molar-refractivity contribution in [1.82, 2.24) is 20.1 Å². The third kappa shape index (κ3) is 6.49. The molecular weight excluding hydrogens is 441 g/mol. The number of likely N-dealkylation sites (N-methyl/N-ethyl adjacent to an activating group) is 1. The maximum Gasteiger partial charge on any atom is 0.573 e. The molecule has 0 amide bonds. The molecule has 0 bridgehead atoms. The van der Waals surface area contributed by atoms with Crippen LogP contribution in [0.3, 0.4) is 0 Å². The number of rotatable bonds is 7. The summed E-state index contributed by atoms with van der Waals surface area (Å²) in [5, 5.41) is 11.7. The molecule has 0 spiro atoms. The number of hydrogen-bond acceptors (Lipinski definition) is 8. The Morgan fingerprint density at radius 2 is 2.16 bits per heavy atom. The van der Waals surface area contributed by atoms with Gasteiger partial charge in [-0.15, -0.1) is 35.1 Å². The fourth-order valence-electron chi connectivity index (χ4n) is 3.58. The molecule has 1 aromatic carbocycles. The molecule has 0 radical (unpaired) electrons. The third-order valence-corrected chi connectivity index (χ3v) is 5.76. The van der Waals surface area contributed by atoms with E-state index in [4.69, 9.17) is 5.73 Å². The lowest BCUT2D eigenvalue weighted by Gasteiger charge is -2.32. The number of alkyl halides is 3. The molecule has 1 aliphatic rings. The number of thioether (sulfide) groups is 1. The predicted octanol–water partition coefficient (Wildman–Crippen LogP) is 4.37. The molecule has 1 aliphatic heterocycles. The van der Waals surface area contributed by atoms with Gasteiger partial charge in [0.25, 0.3) is 0 Å². The number of piperidine rings is 1. The summed E-state index contributed by atoms with van der Waals surface area (Å²) >= 11 is 1.31. The first-order chi connectivity index (χ1) is 15.2. The Bertz CT molecular complexity index is 965.